The first-order valence-corrected chi connectivity index (χ1v) is 7.33. The Morgan fingerprint density at radius 3 is 2.06 bits per heavy atom. The molecule has 1 aliphatic carbocycles. The lowest BCUT2D eigenvalue weighted by atomic mass is 9.69. The van der Waals surface area contributed by atoms with Gasteiger partial charge in [-0.1, -0.05) is 34.6 Å². The maximum absolute atomic E-state index is 12.1. The van der Waals surface area contributed by atoms with E-state index in [0.29, 0.717) is 23.0 Å². The van der Waals surface area contributed by atoms with Crippen LogP contribution in [0.2, 0.25) is 0 Å². The van der Waals surface area contributed by atoms with E-state index in [9.17, 15) is 4.79 Å². The van der Waals surface area contributed by atoms with Gasteiger partial charge in [-0.25, -0.2) is 0 Å². The van der Waals surface area contributed by atoms with Gasteiger partial charge >= 0.3 is 0 Å². The molecular formula is C16H30O. The van der Waals surface area contributed by atoms with Crippen molar-refractivity contribution in [3.05, 3.63) is 0 Å². The minimum absolute atomic E-state index is 0.382. The van der Waals surface area contributed by atoms with Crippen molar-refractivity contribution in [2.75, 3.05) is 0 Å². The molecule has 0 aromatic carbocycles. The van der Waals surface area contributed by atoms with Gasteiger partial charge in [-0.3, -0.25) is 4.79 Å². The number of ketones is 1. The van der Waals surface area contributed by atoms with Crippen LogP contribution < -0.4 is 0 Å². The van der Waals surface area contributed by atoms with Crippen LogP contribution in [-0.2, 0) is 4.79 Å². The van der Waals surface area contributed by atoms with Crippen molar-refractivity contribution in [1.82, 2.24) is 0 Å². The molecule has 100 valence electrons. The molecule has 1 rings (SSSR count). The van der Waals surface area contributed by atoms with Crippen LogP contribution in [0.3, 0.4) is 0 Å². The summed E-state index contributed by atoms with van der Waals surface area (Å²) in [6.07, 6.45) is 6.65. The highest BCUT2D eigenvalue weighted by atomic mass is 16.1. The molecule has 0 amide bonds. The average molecular weight is 238 g/mol. The standard InChI is InChI=1S/C16H30O/c1-12(2)6-11-15(17)13-7-9-14(10-8-13)16(3,4)5/h12-14H,6-11H2,1-5H3. The Hall–Kier alpha value is -0.330. The topological polar surface area (TPSA) is 17.1 Å². The van der Waals surface area contributed by atoms with E-state index in [1.807, 2.05) is 0 Å². The van der Waals surface area contributed by atoms with Crippen molar-refractivity contribution in [3.8, 4) is 0 Å². The number of hydrogen-bond acceptors (Lipinski definition) is 1. The predicted molar refractivity (Wildman–Crippen MR) is 74.0 cm³/mol. The third-order valence-corrected chi connectivity index (χ3v) is 4.38. The van der Waals surface area contributed by atoms with Crippen LogP contribution in [0.4, 0.5) is 0 Å². The van der Waals surface area contributed by atoms with E-state index in [0.717, 1.165) is 31.6 Å². The lowest BCUT2D eigenvalue weighted by molar-refractivity contribution is -0.124. The van der Waals surface area contributed by atoms with Crippen molar-refractivity contribution in [1.29, 1.82) is 0 Å². The fourth-order valence-electron chi connectivity index (χ4n) is 2.92. The Morgan fingerprint density at radius 2 is 1.65 bits per heavy atom. The third-order valence-electron chi connectivity index (χ3n) is 4.38. The summed E-state index contributed by atoms with van der Waals surface area (Å²) in [5.74, 6) is 2.39. The monoisotopic (exact) mass is 238 g/mol. The maximum atomic E-state index is 12.1. The first-order valence-electron chi connectivity index (χ1n) is 7.33. The van der Waals surface area contributed by atoms with E-state index < -0.39 is 0 Å². The van der Waals surface area contributed by atoms with E-state index in [2.05, 4.69) is 34.6 Å². The number of hydrogen-bond donors (Lipinski definition) is 0. The van der Waals surface area contributed by atoms with Crippen LogP contribution in [-0.4, -0.2) is 5.78 Å². The van der Waals surface area contributed by atoms with E-state index in [4.69, 9.17) is 0 Å². The first-order chi connectivity index (χ1) is 7.80. The van der Waals surface area contributed by atoms with Crippen LogP contribution in [0.5, 0.6) is 0 Å². The summed E-state index contributed by atoms with van der Waals surface area (Å²) in [4.78, 5) is 12.1. The summed E-state index contributed by atoms with van der Waals surface area (Å²) in [6.45, 7) is 11.4. The quantitative estimate of drug-likeness (QED) is 0.684. The average Bonchev–Trinajstić information content (AvgIpc) is 2.25. The number of Topliss-reactive ketones (excluding diaryl/α,β-unsaturated/α-hetero) is 1. The Bertz CT molecular complexity index is 239. The highest BCUT2D eigenvalue weighted by molar-refractivity contribution is 5.81. The molecule has 0 aromatic rings. The first kappa shape index (κ1) is 14.7. The Kier molecular flexibility index (Phi) is 5.22. The van der Waals surface area contributed by atoms with E-state index in [-0.39, 0.29) is 0 Å². The largest absolute Gasteiger partial charge is 0.299 e. The predicted octanol–water partition coefficient (Wildman–Crippen LogP) is 4.84. The molecule has 0 aromatic heterocycles. The minimum atomic E-state index is 0.382. The molecule has 0 unspecified atom stereocenters. The second kappa shape index (κ2) is 6.02. The zero-order valence-electron chi connectivity index (χ0n) is 12.4. The molecule has 17 heavy (non-hydrogen) atoms. The van der Waals surface area contributed by atoms with Gasteiger partial charge in [0.1, 0.15) is 5.78 Å². The summed E-state index contributed by atoms with van der Waals surface area (Å²) in [5, 5.41) is 0. The molecule has 1 heteroatoms. The van der Waals surface area contributed by atoms with Gasteiger partial charge in [-0.15, -0.1) is 0 Å². The van der Waals surface area contributed by atoms with Crippen molar-refractivity contribution < 1.29 is 4.79 Å². The van der Waals surface area contributed by atoms with Crippen molar-refractivity contribution in [3.63, 3.8) is 0 Å². The van der Waals surface area contributed by atoms with Crippen LogP contribution in [0.1, 0.15) is 73.1 Å². The second-order valence-electron chi connectivity index (χ2n) is 7.31. The molecule has 0 bridgehead atoms. The van der Waals surface area contributed by atoms with Gasteiger partial charge < -0.3 is 0 Å². The van der Waals surface area contributed by atoms with E-state index in [1.165, 1.54) is 12.8 Å². The second-order valence-corrected chi connectivity index (χ2v) is 7.31. The lowest BCUT2D eigenvalue weighted by Crippen LogP contribution is -2.28. The fourth-order valence-corrected chi connectivity index (χ4v) is 2.92. The zero-order valence-corrected chi connectivity index (χ0v) is 12.4. The highest BCUT2D eigenvalue weighted by Crippen LogP contribution is 2.40. The molecule has 0 spiro atoms. The minimum Gasteiger partial charge on any atom is -0.299 e. The molecule has 1 aliphatic rings. The molecule has 0 heterocycles. The Balaban J connectivity index is 2.34. The van der Waals surface area contributed by atoms with Crippen LogP contribution in [0, 0.1) is 23.2 Å². The Labute approximate surface area is 107 Å². The fraction of sp³-hybridized carbons (Fsp3) is 0.938. The zero-order chi connectivity index (χ0) is 13.1. The number of rotatable bonds is 4. The van der Waals surface area contributed by atoms with Gasteiger partial charge in [0.05, 0.1) is 0 Å². The summed E-state index contributed by atoms with van der Waals surface area (Å²) in [6, 6.07) is 0. The van der Waals surface area contributed by atoms with Crippen LogP contribution in [0.25, 0.3) is 0 Å². The molecule has 1 fully saturated rings. The molecule has 0 N–H and O–H groups in total. The SMILES string of the molecule is CC(C)CCC(=O)C1CCC(C(C)(C)C)CC1. The number of carbonyl (C=O) groups is 1. The highest BCUT2D eigenvalue weighted by Gasteiger charge is 2.31. The van der Waals surface area contributed by atoms with Crippen LogP contribution in [0.15, 0.2) is 0 Å². The summed E-state index contributed by atoms with van der Waals surface area (Å²) >= 11 is 0. The summed E-state index contributed by atoms with van der Waals surface area (Å²) in [7, 11) is 0. The molecule has 0 radical (unpaired) electrons. The van der Waals surface area contributed by atoms with E-state index in [1.54, 1.807) is 0 Å². The van der Waals surface area contributed by atoms with Gasteiger partial charge in [-0.05, 0) is 49.4 Å². The molecule has 1 saturated carbocycles. The maximum Gasteiger partial charge on any atom is 0.135 e. The summed E-state index contributed by atoms with van der Waals surface area (Å²) < 4.78 is 0. The smallest absolute Gasteiger partial charge is 0.135 e. The summed E-state index contributed by atoms with van der Waals surface area (Å²) in [5.41, 5.74) is 0.423. The Morgan fingerprint density at radius 1 is 1.12 bits per heavy atom. The number of carbonyl (C=O) groups excluding carboxylic acids is 1. The molecular weight excluding hydrogens is 208 g/mol. The van der Waals surface area contributed by atoms with Gasteiger partial charge in [0, 0.05) is 12.3 Å². The van der Waals surface area contributed by atoms with Gasteiger partial charge in [-0.2, -0.15) is 0 Å². The van der Waals surface area contributed by atoms with Crippen molar-refractivity contribution >= 4 is 5.78 Å². The van der Waals surface area contributed by atoms with Gasteiger partial charge in [0.2, 0.25) is 0 Å². The van der Waals surface area contributed by atoms with Gasteiger partial charge in [0.15, 0.2) is 0 Å². The normalized spacial score (nSPS) is 26.2. The lowest BCUT2D eigenvalue weighted by Gasteiger charge is -2.36. The van der Waals surface area contributed by atoms with Crippen molar-refractivity contribution in [2.45, 2.75) is 73.1 Å². The third kappa shape index (κ3) is 4.81. The van der Waals surface area contributed by atoms with E-state index >= 15 is 0 Å². The molecule has 0 aliphatic heterocycles. The molecule has 0 saturated heterocycles. The van der Waals surface area contributed by atoms with Crippen molar-refractivity contribution in [2.24, 2.45) is 23.2 Å². The van der Waals surface area contributed by atoms with Gasteiger partial charge in [0.25, 0.3) is 0 Å². The van der Waals surface area contributed by atoms with Crippen LogP contribution >= 0.6 is 0 Å². The molecule has 1 nitrogen and oxygen atoms in total. The molecule has 0 atom stereocenters.